The summed E-state index contributed by atoms with van der Waals surface area (Å²) in [6.07, 6.45) is 6.55. The summed E-state index contributed by atoms with van der Waals surface area (Å²) in [4.78, 5) is 0. The molecular weight excluding hydrogens is 146 g/mol. The molecule has 70 valence electrons. The van der Waals surface area contributed by atoms with Crippen LogP contribution in [0.5, 0.6) is 0 Å². The third-order valence-electron chi connectivity index (χ3n) is 2.77. The highest BCUT2D eigenvalue weighted by atomic mass is 14.9. The van der Waals surface area contributed by atoms with Crippen molar-refractivity contribution in [1.82, 2.24) is 5.32 Å². The lowest BCUT2D eigenvalue weighted by atomic mass is 9.77. The van der Waals surface area contributed by atoms with E-state index >= 15 is 0 Å². The van der Waals surface area contributed by atoms with E-state index in [0.29, 0.717) is 0 Å². The lowest BCUT2D eigenvalue weighted by Crippen LogP contribution is -2.40. The summed E-state index contributed by atoms with van der Waals surface area (Å²) in [6, 6.07) is 0.744. The van der Waals surface area contributed by atoms with Crippen LogP contribution in [0.15, 0.2) is 12.3 Å². The number of allylic oxidation sites excluding steroid dienone is 1. The molecule has 0 unspecified atom stereocenters. The molecule has 0 aromatic heterocycles. The van der Waals surface area contributed by atoms with E-state index in [4.69, 9.17) is 0 Å². The third kappa shape index (κ3) is 2.54. The Hall–Kier alpha value is -0.460. The molecule has 0 aromatic carbocycles. The quantitative estimate of drug-likeness (QED) is 0.663. The van der Waals surface area contributed by atoms with Gasteiger partial charge in [0.05, 0.1) is 0 Å². The fourth-order valence-corrected chi connectivity index (χ4v) is 1.89. The van der Waals surface area contributed by atoms with Crippen molar-refractivity contribution in [3.8, 4) is 0 Å². The molecule has 0 heterocycles. The number of nitrogens with one attached hydrogen (secondary N) is 1. The molecule has 1 aliphatic rings. The van der Waals surface area contributed by atoms with E-state index in [-0.39, 0.29) is 0 Å². The van der Waals surface area contributed by atoms with Crippen LogP contribution >= 0.6 is 0 Å². The second-order valence-corrected chi connectivity index (χ2v) is 3.92. The second kappa shape index (κ2) is 4.54. The molecule has 0 spiro atoms. The fraction of sp³-hybridized carbons (Fsp3) is 0.818. The predicted molar refractivity (Wildman–Crippen MR) is 54.0 cm³/mol. The van der Waals surface area contributed by atoms with Crippen molar-refractivity contribution in [1.29, 1.82) is 0 Å². The molecule has 0 amide bonds. The Kier molecular flexibility index (Phi) is 3.64. The van der Waals surface area contributed by atoms with Crippen molar-refractivity contribution < 1.29 is 0 Å². The average molecular weight is 167 g/mol. The van der Waals surface area contributed by atoms with Gasteiger partial charge in [-0.25, -0.2) is 0 Å². The average Bonchev–Trinajstić information content (AvgIpc) is 2.00. The lowest BCUT2D eigenvalue weighted by molar-refractivity contribution is 0.220. The molecule has 0 saturated heterocycles. The summed E-state index contributed by atoms with van der Waals surface area (Å²) in [7, 11) is 0. The third-order valence-corrected chi connectivity index (χ3v) is 2.77. The van der Waals surface area contributed by atoms with Crippen LogP contribution in [0.1, 0.15) is 46.0 Å². The minimum Gasteiger partial charge on any atom is -0.386 e. The van der Waals surface area contributed by atoms with Gasteiger partial charge in [-0.2, -0.15) is 0 Å². The van der Waals surface area contributed by atoms with E-state index < -0.39 is 0 Å². The molecule has 0 bridgehead atoms. The summed E-state index contributed by atoms with van der Waals surface area (Å²) < 4.78 is 0. The Morgan fingerprint density at radius 3 is 2.58 bits per heavy atom. The van der Waals surface area contributed by atoms with Gasteiger partial charge in [0, 0.05) is 11.7 Å². The molecule has 1 N–H and O–H groups in total. The fourth-order valence-electron chi connectivity index (χ4n) is 1.89. The summed E-state index contributed by atoms with van der Waals surface area (Å²) in [5.74, 6) is 0.997. The first kappa shape index (κ1) is 9.63. The zero-order valence-corrected chi connectivity index (χ0v) is 8.40. The second-order valence-electron chi connectivity index (χ2n) is 3.92. The van der Waals surface area contributed by atoms with Gasteiger partial charge in [0.15, 0.2) is 0 Å². The first-order valence-electron chi connectivity index (χ1n) is 5.20. The maximum absolute atomic E-state index is 3.95. The minimum atomic E-state index is 0.744. The van der Waals surface area contributed by atoms with Crippen LogP contribution in [0, 0.1) is 5.92 Å². The van der Waals surface area contributed by atoms with Crippen molar-refractivity contribution in [3.05, 3.63) is 12.3 Å². The Labute approximate surface area is 76.2 Å². The maximum atomic E-state index is 3.95. The van der Waals surface area contributed by atoms with Gasteiger partial charge in [0.1, 0.15) is 0 Å². The first-order chi connectivity index (χ1) is 5.76. The van der Waals surface area contributed by atoms with E-state index in [1.54, 1.807) is 0 Å². The molecule has 1 aliphatic carbocycles. The van der Waals surface area contributed by atoms with Gasteiger partial charge in [-0.1, -0.05) is 33.3 Å². The largest absolute Gasteiger partial charge is 0.386 e. The van der Waals surface area contributed by atoms with E-state index in [1.165, 1.54) is 31.4 Å². The topological polar surface area (TPSA) is 12.0 Å². The normalized spacial score (nSPS) is 27.8. The number of rotatable bonds is 5. The van der Waals surface area contributed by atoms with Crippen LogP contribution in [0.3, 0.4) is 0 Å². The molecule has 0 aromatic rings. The van der Waals surface area contributed by atoms with Crippen LogP contribution in [-0.2, 0) is 0 Å². The highest BCUT2D eigenvalue weighted by Gasteiger charge is 2.27. The van der Waals surface area contributed by atoms with Gasteiger partial charge in [0.2, 0.25) is 0 Å². The minimum absolute atomic E-state index is 0.744. The summed E-state index contributed by atoms with van der Waals surface area (Å²) in [6.45, 7) is 8.37. The SMILES string of the molecule is C=C(CC)NC1CC(CCC)C1. The van der Waals surface area contributed by atoms with Crippen molar-refractivity contribution in [3.63, 3.8) is 0 Å². The lowest BCUT2D eigenvalue weighted by Gasteiger charge is -2.36. The van der Waals surface area contributed by atoms with E-state index in [9.17, 15) is 0 Å². The van der Waals surface area contributed by atoms with Crippen LogP contribution in [0.25, 0.3) is 0 Å². The van der Waals surface area contributed by atoms with Crippen LogP contribution in [0.2, 0.25) is 0 Å². The van der Waals surface area contributed by atoms with Crippen molar-refractivity contribution in [2.75, 3.05) is 0 Å². The molecule has 1 saturated carbocycles. The van der Waals surface area contributed by atoms with Gasteiger partial charge < -0.3 is 5.32 Å². The molecule has 1 rings (SSSR count). The Morgan fingerprint density at radius 1 is 1.42 bits per heavy atom. The molecule has 0 atom stereocenters. The van der Waals surface area contributed by atoms with Crippen LogP contribution < -0.4 is 5.32 Å². The molecule has 1 nitrogen and oxygen atoms in total. The standard InChI is InChI=1S/C11H21N/c1-4-6-10-7-11(8-10)12-9(3)5-2/h10-12H,3-8H2,1-2H3. The predicted octanol–water partition coefficient (Wildman–Crippen LogP) is 3.08. The summed E-state index contributed by atoms with van der Waals surface area (Å²) in [5, 5.41) is 3.46. The maximum Gasteiger partial charge on any atom is 0.0263 e. The molecular formula is C11H21N. The molecule has 0 radical (unpaired) electrons. The highest BCUT2D eigenvalue weighted by molar-refractivity contribution is 4.97. The molecule has 12 heavy (non-hydrogen) atoms. The molecule has 1 fully saturated rings. The summed E-state index contributed by atoms with van der Waals surface area (Å²) in [5.41, 5.74) is 1.20. The smallest absolute Gasteiger partial charge is 0.0263 e. The van der Waals surface area contributed by atoms with E-state index in [0.717, 1.165) is 18.4 Å². The van der Waals surface area contributed by atoms with Crippen LogP contribution in [-0.4, -0.2) is 6.04 Å². The highest BCUT2D eigenvalue weighted by Crippen LogP contribution is 2.31. The Balaban J connectivity index is 2.05. The van der Waals surface area contributed by atoms with Crippen molar-refractivity contribution in [2.45, 2.75) is 52.0 Å². The van der Waals surface area contributed by atoms with E-state index in [2.05, 4.69) is 25.7 Å². The van der Waals surface area contributed by atoms with Gasteiger partial charge >= 0.3 is 0 Å². The van der Waals surface area contributed by atoms with E-state index in [1.807, 2.05) is 0 Å². The Bertz CT molecular complexity index is 145. The van der Waals surface area contributed by atoms with Crippen LogP contribution in [0.4, 0.5) is 0 Å². The zero-order valence-electron chi connectivity index (χ0n) is 8.40. The van der Waals surface area contributed by atoms with Crippen molar-refractivity contribution in [2.24, 2.45) is 5.92 Å². The van der Waals surface area contributed by atoms with Crippen molar-refractivity contribution >= 4 is 0 Å². The first-order valence-corrected chi connectivity index (χ1v) is 5.20. The van der Waals surface area contributed by atoms with Gasteiger partial charge in [-0.3, -0.25) is 0 Å². The molecule has 0 aliphatic heterocycles. The Morgan fingerprint density at radius 2 is 2.08 bits per heavy atom. The van der Waals surface area contributed by atoms with Gasteiger partial charge in [0.25, 0.3) is 0 Å². The molecule has 1 heteroatoms. The monoisotopic (exact) mass is 167 g/mol. The van der Waals surface area contributed by atoms with Gasteiger partial charge in [-0.05, 0) is 25.2 Å². The number of hydrogen-bond donors (Lipinski definition) is 1. The number of hydrogen-bond acceptors (Lipinski definition) is 1. The zero-order chi connectivity index (χ0) is 8.97. The summed E-state index contributed by atoms with van der Waals surface area (Å²) >= 11 is 0. The van der Waals surface area contributed by atoms with Gasteiger partial charge in [-0.15, -0.1) is 0 Å².